The molecule has 0 unspecified atom stereocenters. The lowest BCUT2D eigenvalue weighted by atomic mass is 9.85. The number of hydrogen-bond donors (Lipinski definition) is 0. The number of aryl methyl sites for hydroxylation is 1. The van der Waals surface area contributed by atoms with Crippen molar-refractivity contribution in [1.82, 2.24) is 0 Å². The van der Waals surface area contributed by atoms with E-state index in [9.17, 15) is 14.4 Å². The van der Waals surface area contributed by atoms with Crippen molar-refractivity contribution in [3.8, 4) is 0 Å². The quantitative estimate of drug-likeness (QED) is 0.344. The zero-order chi connectivity index (χ0) is 28.9. The fourth-order valence-electron chi connectivity index (χ4n) is 5.07. The molecule has 216 valence electrons. The first-order valence-corrected chi connectivity index (χ1v) is 13.0. The predicted molar refractivity (Wildman–Crippen MR) is 139 cm³/mol. The van der Waals surface area contributed by atoms with Crippen LogP contribution in [0.4, 0.5) is 14.4 Å². The summed E-state index contributed by atoms with van der Waals surface area (Å²) in [6, 6.07) is 14.2. The molecule has 2 aromatic rings. The molecular formula is C29H34O11. The maximum atomic E-state index is 12.5. The zero-order valence-corrected chi connectivity index (χ0v) is 23.2. The number of ether oxygens (including phenoxy) is 8. The summed E-state index contributed by atoms with van der Waals surface area (Å²) in [6.45, 7) is 4.04. The highest BCUT2D eigenvalue weighted by molar-refractivity contribution is 5.63. The molecule has 0 aliphatic carbocycles. The molecule has 0 N–H and O–H groups in total. The van der Waals surface area contributed by atoms with Crippen LogP contribution in [0.2, 0.25) is 0 Å². The van der Waals surface area contributed by atoms with E-state index < -0.39 is 48.7 Å². The van der Waals surface area contributed by atoms with Gasteiger partial charge in [-0.3, -0.25) is 0 Å². The van der Waals surface area contributed by atoms with Crippen molar-refractivity contribution in [1.29, 1.82) is 0 Å². The lowest BCUT2D eigenvalue weighted by Gasteiger charge is -2.49. The summed E-state index contributed by atoms with van der Waals surface area (Å²) in [4.78, 5) is 37.0. The molecule has 1 fully saturated rings. The second-order valence-electron chi connectivity index (χ2n) is 9.42. The Kier molecular flexibility index (Phi) is 9.16. The van der Waals surface area contributed by atoms with Crippen LogP contribution in [0.25, 0.3) is 0 Å². The van der Waals surface area contributed by atoms with E-state index in [-0.39, 0.29) is 6.61 Å². The van der Waals surface area contributed by atoms with Gasteiger partial charge in [0.15, 0.2) is 12.2 Å². The van der Waals surface area contributed by atoms with Crippen LogP contribution in [0.3, 0.4) is 0 Å². The van der Waals surface area contributed by atoms with E-state index >= 15 is 0 Å². The molecule has 40 heavy (non-hydrogen) atoms. The van der Waals surface area contributed by atoms with Crippen molar-refractivity contribution in [2.45, 2.75) is 69.9 Å². The second-order valence-corrected chi connectivity index (χ2v) is 9.42. The van der Waals surface area contributed by atoms with Gasteiger partial charge in [0.25, 0.3) is 0 Å². The molecule has 11 nitrogen and oxygen atoms in total. The smallest absolute Gasteiger partial charge is 0.438 e. The Balaban J connectivity index is 1.79. The third-order valence-electron chi connectivity index (χ3n) is 7.11. The largest absolute Gasteiger partial charge is 0.508 e. The zero-order valence-electron chi connectivity index (χ0n) is 23.2. The molecule has 1 spiro atoms. The van der Waals surface area contributed by atoms with Crippen molar-refractivity contribution < 1.29 is 52.3 Å². The lowest BCUT2D eigenvalue weighted by molar-refractivity contribution is -0.365. The number of fused-ring (bicyclic) bond motifs is 2. The van der Waals surface area contributed by atoms with Gasteiger partial charge in [0.1, 0.15) is 6.10 Å². The normalized spacial score (nSPS) is 25.0. The second kappa shape index (κ2) is 12.6. The van der Waals surface area contributed by atoms with Gasteiger partial charge in [0.05, 0.1) is 27.9 Å². The maximum absolute atomic E-state index is 12.5. The van der Waals surface area contributed by atoms with Gasteiger partial charge in [-0.15, -0.1) is 0 Å². The summed E-state index contributed by atoms with van der Waals surface area (Å²) in [6.07, 6.45) is -6.24. The van der Waals surface area contributed by atoms with E-state index in [1.807, 2.05) is 18.2 Å². The van der Waals surface area contributed by atoms with Gasteiger partial charge in [0.2, 0.25) is 11.9 Å². The predicted octanol–water partition coefficient (Wildman–Crippen LogP) is 4.79. The average Bonchev–Trinajstić information content (AvgIpc) is 3.33. The number of hydrogen-bond acceptors (Lipinski definition) is 11. The van der Waals surface area contributed by atoms with Crippen molar-refractivity contribution in [2.24, 2.45) is 0 Å². The third-order valence-corrected chi connectivity index (χ3v) is 7.11. The minimum atomic E-state index is -1.71. The molecule has 2 heterocycles. The average molecular weight is 559 g/mol. The van der Waals surface area contributed by atoms with Gasteiger partial charge in [-0.2, -0.15) is 0 Å². The third kappa shape index (κ3) is 5.85. The Morgan fingerprint density at radius 1 is 0.800 bits per heavy atom. The Morgan fingerprint density at radius 3 is 1.98 bits per heavy atom. The Hall–Kier alpha value is -3.83. The summed E-state index contributed by atoms with van der Waals surface area (Å²) < 4.78 is 43.5. The summed E-state index contributed by atoms with van der Waals surface area (Å²) in [7, 11) is 3.40. The van der Waals surface area contributed by atoms with Crippen LogP contribution in [0.15, 0.2) is 42.5 Å². The molecule has 1 saturated heterocycles. The first-order chi connectivity index (χ1) is 19.3. The molecule has 2 aromatic carbocycles. The van der Waals surface area contributed by atoms with E-state index in [1.165, 1.54) is 5.56 Å². The molecule has 5 atom stereocenters. The van der Waals surface area contributed by atoms with Crippen molar-refractivity contribution >= 4 is 18.5 Å². The van der Waals surface area contributed by atoms with Crippen LogP contribution in [0.1, 0.15) is 48.1 Å². The molecule has 4 rings (SSSR count). The van der Waals surface area contributed by atoms with E-state index in [1.54, 1.807) is 6.92 Å². The molecule has 0 saturated carbocycles. The summed E-state index contributed by atoms with van der Waals surface area (Å²) >= 11 is 0. The first kappa shape index (κ1) is 29.2. The minimum Gasteiger partial charge on any atom is -0.438 e. The number of carbonyl (C=O) groups is 3. The van der Waals surface area contributed by atoms with E-state index in [0.29, 0.717) is 18.4 Å². The van der Waals surface area contributed by atoms with Crippen LogP contribution < -0.4 is 0 Å². The molecule has 2 aliphatic heterocycles. The van der Waals surface area contributed by atoms with E-state index in [4.69, 9.17) is 33.2 Å². The lowest BCUT2D eigenvalue weighted by Crippen LogP contribution is -2.65. The van der Waals surface area contributed by atoms with Crippen LogP contribution >= 0.6 is 0 Å². The van der Waals surface area contributed by atoms with Crippen LogP contribution in [-0.2, 0) is 63.1 Å². The van der Waals surface area contributed by atoms with Gasteiger partial charge in [0, 0.05) is 5.56 Å². The number of methoxy groups -OCH3 is 3. The maximum Gasteiger partial charge on any atom is 0.508 e. The molecular weight excluding hydrogens is 524 g/mol. The monoisotopic (exact) mass is 558 g/mol. The number of rotatable bonds is 7. The van der Waals surface area contributed by atoms with Gasteiger partial charge >= 0.3 is 18.5 Å². The Morgan fingerprint density at radius 2 is 1.38 bits per heavy atom. The van der Waals surface area contributed by atoms with Crippen molar-refractivity contribution in [3.05, 3.63) is 70.3 Å². The molecule has 0 amide bonds. The van der Waals surface area contributed by atoms with E-state index in [2.05, 4.69) is 35.9 Å². The highest BCUT2D eigenvalue weighted by atomic mass is 16.8. The van der Waals surface area contributed by atoms with E-state index in [0.717, 1.165) is 44.4 Å². The van der Waals surface area contributed by atoms with Gasteiger partial charge < -0.3 is 37.9 Å². The highest BCUT2D eigenvalue weighted by Crippen LogP contribution is 2.49. The van der Waals surface area contributed by atoms with Crippen molar-refractivity contribution in [3.63, 3.8) is 0 Å². The highest BCUT2D eigenvalue weighted by Gasteiger charge is 2.64. The Labute approximate surface area is 232 Å². The molecule has 0 bridgehead atoms. The van der Waals surface area contributed by atoms with Crippen LogP contribution in [-0.4, -0.2) is 64.2 Å². The summed E-state index contributed by atoms with van der Waals surface area (Å²) in [5, 5.41) is 0. The molecule has 0 radical (unpaired) electrons. The standard InChI is InChI=1S/C29H34O11/c1-6-17-8-10-18(11-9-17)14-19-12-13-20-16-36-29(21(20)15-19)25(39-28(32)35-5)24(38-27(31)34-4)23(22(7-2)40-29)37-26(30)33-3/h8-13,15,22-25H,6-7,14,16H2,1-5H3/t22-,23-,24+,25-,29+/m1/s1. The first-order valence-electron chi connectivity index (χ1n) is 13.0. The summed E-state index contributed by atoms with van der Waals surface area (Å²) in [5.41, 5.74) is 4.70. The fourth-order valence-corrected chi connectivity index (χ4v) is 5.07. The minimum absolute atomic E-state index is 0.131. The number of carbonyl (C=O) groups excluding carboxylic acids is 3. The number of benzene rings is 2. The SMILES string of the molecule is CCc1ccc(Cc2ccc3c(c2)[C@]2(OC3)O[C@H](CC)[C@@H](OC(=O)OC)[C@H](OC(=O)OC)[C@H]2OC(=O)OC)cc1. The van der Waals surface area contributed by atoms with Gasteiger partial charge in [-0.05, 0) is 47.6 Å². The molecule has 11 heteroatoms. The van der Waals surface area contributed by atoms with Gasteiger partial charge in [-0.25, -0.2) is 14.4 Å². The topological polar surface area (TPSA) is 125 Å². The molecule has 0 aromatic heterocycles. The van der Waals surface area contributed by atoms with Gasteiger partial charge in [-0.1, -0.05) is 50.2 Å². The fraction of sp³-hybridized carbons (Fsp3) is 0.483. The van der Waals surface area contributed by atoms with Crippen LogP contribution in [0.5, 0.6) is 0 Å². The molecule has 2 aliphatic rings. The summed E-state index contributed by atoms with van der Waals surface area (Å²) in [5.74, 6) is -1.71. The van der Waals surface area contributed by atoms with Crippen molar-refractivity contribution in [2.75, 3.05) is 21.3 Å². The van der Waals surface area contributed by atoms with Crippen LogP contribution in [0, 0.1) is 0 Å². The Bertz CT molecular complexity index is 1210.